The summed E-state index contributed by atoms with van der Waals surface area (Å²) in [5.74, 6) is 5.83. The highest BCUT2D eigenvalue weighted by atomic mass is 35.5. The molecule has 1 aliphatic carbocycles. The van der Waals surface area contributed by atoms with Crippen LogP contribution in [0.25, 0.3) is 11.2 Å². The molecule has 31 heavy (non-hydrogen) atoms. The van der Waals surface area contributed by atoms with Gasteiger partial charge >= 0.3 is 10.3 Å². The van der Waals surface area contributed by atoms with Gasteiger partial charge in [-0.05, 0) is 18.1 Å². The zero-order chi connectivity index (χ0) is 22.0. The fraction of sp³-hybridized carbons (Fsp3) is 0.278. The van der Waals surface area contributed by atoms with E-state index in [1.165, 1.54) is 17.2 Å². The van der Waals surface area contributed by atoms with Crippen LogP contribution in [0.1, 0.15) is 17.5 Å². The number of benzene rings is 1. The Balaban J connectivity index is 1.45. The number of nitrogens with two attached hydrogens (primary N) is 1. The summed E-state index contributed by atoms with van der Waals surface area (Å²) in [5.41, 5.74) is -0.324. The highest BCUT2D eigenvalue weighted by Gasteiger charge is 2.79. The van der Waals surface area contributed by atoms with Crippen molar-refractivity contribution in [3.05, 3.63) is 53.2 Å². The van der Waals surface area contributed by atoms with E-state index >= 15 is 0 Å². The molecule has 2 aliphatic rings. The van der Waals surface area contributed by atoms with E-state index in [4.69, 9.17) is 21.5 Å². The maximum absolute atomic E-state index is 11.1. The van der Waals surface area contributed by atoms with Gasteiger partial charge in [-0.2, -0.15) is 8.42 Å². The molecule has 13 heteroatoms. The molecule has 1 aromatic carbocycles. The fourth-order valence-electron chi connectivity index (χ4n) is 3.61. The number of aliphatic hydroxyl groups excluding tert-OH is 1. The largest absolute Gasteiger partial charge is 0.385 e. The Morgan fingerprint density at radius 2 is 2.03 bits per heavy atom. The van der Waals surface area contributed by atoms with Gasteiger partial charge in [0.1, 0.15) is 35.8 Å². The van der Waals surface area contributed by atoms with Crippen molar-refractivity contribution < 1.29 is 27.6 Å². The third-order valence-corrected chi connectivity index (χ3v) is 5.97. The molecule has 160 valence electrons. The van der Waals surface area contributed by atoms with Gasteiger partial charge in [-0.25, -0.2) is 24.3 Å². The van der Waals surface area contributed by atoms with Crippen molar-refractivity contribution in [3.8, 4) is 11.8 Å². The molecule has 0 radical (unpaired) electrons. The summed E-state index contributed by atoms with van der Waals surface area (Å²) in [7, 11) is -4.32. The maximum Gasteiger partial charge on any atom is 0.333 e. The van der Waals surface area contributed by atoms with Gasteiger partial charge in [-0.1, -0.05) is 29.7 Å². The Hall–Kier alpha value is -2.63. The van der Waals surface area contributed by atoms with Gasteiger partial charge in [0, 0.05) is 5.56 Å². The highest BCUT2D eigenvalue weighted by Crippen LogP contribution is 2.55. The average Bonchev–Trinajstić information content (AvgIpc) is 3.02. The molecule has 3 heterocycles. The van der Waals surface area contributed by atoms with Crippen LogP contribution in [0.5, 0.6) is 0 Å². The van der Waals surface area contributed by atoms with Crippen molar-refractivity contribution in [2.45, 2.75) is 30.1 Å². The first-order valence-electron chi connectivity index (χ1n) is 8.91. The summed E-state index contributed by atoms with van der Waals surface area (Å²) in [6, 6.07) is 7.09. The summed E-state index contributed by atoms with van der Waals surface area (Å²) >= 11 is 6.12. The van der Waals surface area contributed by atoms with Crippen LogP contribution in [0.3, 0.4) is 0 Å². The van der Waals surface area contributed by atoms with Crippen LogP contribution in [0.4, 0.5) is 0 Å². The lowest BCUT2D eigenvalue weighted by atomic mass is 10.1. The van der Waals surface area contributed by atoms with Gasteiger partial charge in [0.15, 0.2) is 17.5 Å². The SMILES string of the molecule is NS(=O)(=O)OC1[C@H]2O[C@@H](n3cnc4c(C#Cc5ccccc5Cl)ncnc43)[C@H](O)[C@@]12O. The number of imidazole rings is 1. The second kappa shape index (κ2) is 6.94. The molecule has 2 aromatic heterocycles. The smallest absolute Gasteiger partial charge is 0.333 e. The van der Waals surface area contributed by atoms with E-state index in [-0.39, 0.29) is 0 Å². The van der Waals surface area contributed by atoms with E-state index < -0.39 is 40.4 Å². The first kappa shape index (κ1) is 20.3. The van der Waals surface area contributed by atoms with E-state index in [9.17, 15) is 18.6 Å². The van der Waals surface area contributed by atoms with E-state index in [1.54, 1.807) is 18.2 Å². The fourth-order valence-corrected chi connectivity index (χ4v) is 4.34. The molecular formula is C18H14ClN5O6S. The Kier molecular flexibility index (Phi) is 4.54. The first-order valence-corrected chi connectivity index (χ1v) is 10.8. The molecule has 1 unspecified atom stereocenters. The lowest BCUT2D eigenvalue weighted by Gasteiger charge is -2.23. The third-order valence-electron chi connectivity index (χ3n) is 5.17. The summed E-state index contributed by atoms with van der Waals surface area (Å²) in [5, 5.41) is 26.5. The predicted octanol–water partition coefficient (Wildman–Crippen LogP) is -0.529. The Labute approximate surface area is 180 Å². The summed E-state index contributed by atoms with van der Waals surface area (Å²) in [4.78, 5) is 12.6. The van der Waals surface area contributed by atoms with E-state index in [1.807, 2.05) is 6.07 Å². The second-order valence-corrected chi connectivity index (χ2v) is 8.65. The Morgan fingerprint density at radius 3 is 2.71 bits per heavy atom. The van der Waals surface area contributed by atoms with E-state index in [0.717, 1.165) is 0 Å². The molecule has 3 aromatic rings. The van der Waals surface area contributed by atoms with Crippen molar-refractivity contribution in [1.29, 1.82) is 0 Å². The number of fused-ring (bicyclic) bond motifs is 2. The van der Waals surface area contributed by atoms with Crippen LogP contribution in [0.2, 0.25) is 5.02 Å². The molecule has 0 amide bonds. The van der Waals surface area contributed by atoms with Crippen LogP contribution < -0.4 is 5.14 Å². The topological polar surface area (TPSA) is 163 Å². The third kappa shape index (κ3) is 3.27. The van der Waals surface area contributed by atoms with Crippen LogP contribution in [-0.4, -0.2) is 62.1 Å². The zero-order valence-electron chi connectivity index (χ0n) is 15.5. The van der Waals surface area contributed by atoms with Crippen molar-refractivity contribution >= 4 is 33.1 Å². The Bertz CT molecular complexity index is 1370. The lowest BCUT2D eigenvalue weighted by Crippen LogP contribution is -2.38. The zero-order valence-corrected chi connectivity index (χ0v) is 17.0. The molecule has 5 rings (SSSR count). The number of hydrogen-bond donors (Lipinski definition) is 3. The summed E-state index contributed by atoms with van der Waals surface area (Å²) in [6.45, 7) is 0. The van der Waals surface area contributed by atoms with Gasteiger partial charge in [0.2, 0.25) is 0 Å². The van der Waals surface area contributed by atoms with Gasteiger partial charge in [-0.15, -0.1) is 0 Å². The maximum atomic E-state index is 11.1. The molecule has 1 saturated heterocycles. The van der Waals surface area contributed by atoms with Crippen LogP contribution in [0.15, 0.2) is 36.9 Å². The molecule has 0 spiro atoms. The minimum atomic E-state index is -4.32. The summed E-state index contributed by atoms with van der Waals surface area (Å²) in [6.07, 6.45) is -2.34. The predicted molar refractivity (Wildman–Crippen MR) is 106 cm³/mol. The molecule has 2 fully saturated rings. The Morgan fingerprint density at radius 1 is 1.26 bits per heavy atom. The molecule has 11 nitrogen and oxygen atoms in total. The monoisotopic (exact) mass is 463 g/mol. The number of ether oxygens (including phenoxy) is 1. The number of hydrogen-bond acceptors (Lipinski definition) is 9. The molecule has 4 N–H and O–H groups in total. The normalized spacial score (nSPS) is 29.4. The quantitative estimate of drug-likeness (QED) is 0.433. The van der Waals surface area contributed by atoms with E-state index in [0.29, 0.717) is 27.4 Å². The molecular weight excluding hydrogens is 450 g/mol. The molecule has 1 aliphatic heterocycles. The average molecular weight is 464 g/mol. The standard InChI is InChI=1S/C18H14ClN5O6S/c19-10-4-2-1-3-9(10)5-6-11-12-16(22-7-21-11)24(8-23-12)17-13(25)18(26)14(29-17)15(18)30-31(20,27)28/h1-4,7-8,13-15,17,25-26H,(H2,20,27,28)/t13-,14+,15?,17+,18-/m0/s1. The molecule has 0 bridgehead atoms. The van der Waals surface area contributed by atoms with E-state index in [2.05, 4.69) is 31.0 Å². The van der Waals surface area contributed by atoms with Gasteiger partial charge in [0.25, 0.3) is 0 Å². The van der Waals surface area contributed by atoms with Crippen LogP contribution in [-0.2, 0) is 19.2 Å². The van der Waals surface area contributed by atoms with Crippen molar-refractivity contribution in [2.75, 3.05) is 0 Å². The minimum absolute atomic E-state index is 0.302. The van der Waals surface area contributed by atoms with Crippen molar-refractivity contribution in [2.24, 2.45) is 5.14 Å². The van der Waals surface area contributed by atoms with Gasteiger partial charge < -0.3 is 14.9 Å². The van der Waals surface area contributed by atoms with Crippen LogP contribution >= 0.6 is 11.6 Å². The number of halogens is 1. The number of nitrogens with zero attached hydrogens (tertiary/aromatic N) is 4. The van der Waals surface area contributed by atoms with Gasteiger partial charge in [-0.3, -0.25) is 4.57 Å². The molecule has 5 atom stereocenters. The lowest BCUT2D eigenvalue weighted by molar-refractivity contribution is -0.0888. The first-order chi connectivity index (χ1) is 14.7. The number of aromatic nitrogens is 4. The summed E-state index contributed by atoms with van der Waals surface area (Å²) < 4.78 is 33.8. The highest BCUT2D eigenvalue weighted by molar-refractivity contribution is 7.84. The number of rotatable bonds is 3. The number of aliphatic hydroxyl groups is 2. The van der Waals surface area contributed by atoms with Crippen LogP contribution in [0, 0.1) is 11.8 Å². The molecule has 1 saturated carbocycles. The van der Waals surface area contributed by atoms with Gasteiger partial charge in [0.05, 0.1) is 11.3 Å². The minimum Gasteiger partial charge on any atom is -0.385 e. The van der Waals surface area contributed by atoms with Crippen molar-refractivity contribution in [1.82, 2.24) is 19.5 Å². The van der Waals surface area contributed by atoms with Crippen molar-refractivity contribution in [3.63, 3.8) is 0 Å². The second-order valence-electron chi connectivity index (χ2n) is 7.07.